The summed E-state index contributed by atoms with van der Waals surface area (Å²) in [5.74, 6) is 4.71. The molecule has 0 aliphatic rings. The maximum absolute atomic E-state index is 11.9. The van der Waals surface area contributed by atoms with Gasteiger partial charge in [-0.15, -0.1) is 0 Å². The summed E-state index contributed by atoms with van der Waals surface area (Å²) in [5.41, 5.74) is 5.90. The lowest BCUT2D eigenvalue weighted by Crippen LogP contribution is -2.27. The summed E-state index contributed by atoms with van der Waals surface area (Å²) in [6.45, 7) is -0.301. The summed E-state index contributed by atoms with van der Waals surface area (Å²) in [7, 11) is 0. The third-order valence-electron chi connectivity index (χ3n) is 2.25. The maximum Gasteiger partial charge on any atom is 0.390 e. The second kappa shape index (κ2) is 7.17. The largest absolute Gasteiger partial charge is 0.390 e. The quantitative estimate of drug-likeness (QED) is 0.842. The van der Waals surface area contributed by atoms with Crippen LogP contribution in [0.1, 0.15) is 22.3 Å². The molecule has 0 aliphatic heterocycles. The summed E-state index contributed by atoms with van der Waals surface area (Å²) in [6.07, 6.45) is -5.38. The number of nitrogens with one attached hydrogen (secondary N) is 1. The van der Waals surface area contributed by atoms with Gasteiger partial charge in [-0.1, -0.05) is 23.4 Å². The van der Waals surface area contributed by atoms with Gasteiger partial charge in [0.2, 0.25) is 0 Å². The first-order valence-corrected chi connectivity index (χ1v) is 6.04. The number of benzene rings is 1. The molecule has 0 heterocycles. The Morgan fingerprint density at radius 1 is 1.40 bits per heavy atom. The molecule has 0 radical (unpaired) electrons. The van der Waals surface area contributed by atoms with Gasteiger partial charge in [-0.2, -0.15) is 13.2 Å². The average molecular weight is 305 g/mol. The minimum atomic E-state index is -4.30. The zero-order valence-corrected chi connectivity index (χ0v) is 11.1. The molecular weight excluding hydrogens is 293 g/mol. The van der Waals surface area contributed by atoms with Crippen LogP contribution in [0.2, 0.25) is 5.02 Å². The fourth-order valence-electron chi connectivity index (χ4n) is 1.32. The fourth-order valence-corrected chi connectivity index (χ4v) is 1.55. The van der Waals surface area contributed by atoms with Gasteiger partial charge in [0.15, 0.2) is 0 Å². The molecule has 0 bridgehead atoms. The van der Waals surface area contributed by atoms with E-state index in [1.165, 1.54) is 18.2 Å². The summed E-state index contributed by atoms with van der Waals surface area (Å²) in [6, 6.07) is 4.31. The third kappa shape index (κ3) is 5.51. The molecule has 0 atom stereocenters. The molecule has 3 nitrogen and oxygen atoms in total. The molecule has 1 aromatic carbocycles. The minimum Gasteiger partial charge on any atom is -0.352 e. The molecule has 0 saturated heterocycles. The van der Waals surface area contributed by atoms with Gasteiger partial charge >= 0.3 is 6.18 Å². The molecule has 1 aromatic rings. The lowest BCUT2D eigenvalue weighted by molar-refractivity contribution is -0.132. The first kappa shape index (κ1) is 16.3. The summed E-state index contributed by atoms with van der Waals surface area (Å²) in [5, 5.41) is 2.42. The van der Waals surface area contributed by atoms with E-state index in [2.05, 4.69) is 17.2 Å². The number of alkyl halides is 3. The Bertz CT molecular complexity index is 547. The molecular formula is C13H12ClF3N2O. The third-order valence-corrected chi connectivity index (χ3v) is 2.56. The number of hydrogen-bond acceptors (Lipinski definition) is 2. The normalized spacial score (nSPS) is 10.7. The molecule has 0 spiro atoms. The molecule has 7 heteroatoms. The van der Waals surface area contributed by atoms with Gasteiger partial charge in [-0.05, 0) is 18.2 Å². The van der Waals surface area contributed by atoms with Crippen molar-refractivity contribution in [3.05, 3.63) is 34.3 Å². The second-order valence-corrected chi connectivity index (χ2v) is 4.23. The predicted molar refractivity (Wildman–Crippen MR) is 70.4 cm³/mol. The standard InChI is InChI=1S/C13H12ClF3N2O/c14-11-8-10(4-3-9(11)2-1-6-18)12(20)19-7-5-13(15,16)17/h3-4,8H,5-7,18H2,(H,19,20). The minimum absolute atomic E-state index is 0.176. The van der Waals surface area contributed by atoms with Crippen LogP contribution in [-0.4, -0.2) is 25.2 Å². The molecule has 108 valence electrons. The lowest BCUT2D eigenvalue weighted by Gasteiger charge is -2.08. The van der Waals surface area contributed by atoms with Crippen molar-refractivity contribution < 1.29 is 18.0 Å². The van der Waals surface area contributed by atoms with Crippen molar-refractivity contribution in [2.75, 3.05) is 13.1 Å². The van der Waals surface area contributed by atoms with Crippen molar-refractivity contribution in [3.63, 3.8) is 0 Å². The molecule has 20 heavy (non-hydrogen) atoms. The van der Waals surface area contributed by atoms with E-state index in [1.807, 2.05) is 0 Å². The van der Waals surface area contributed by atoms with Crippen molar-refractivity contribution in [1.82, 2.24) is 5.32 Å². The first-order valence-electron chi connectivity index (χ1n) is 5.67. The maximum atomic E-state index is 11.9. The SMILES string of the molecule is NCC#Cc1ccc(C(=O)NCCC(F)(F)F)cc1Cl. The zero-order chi connectivity index (χ0) is 15.2. The van der Waals surface area contributed by atoms with Crippen LogP contribution < -0.4 is 11.1 Å². The predicted octanol–water partition coefficient (Wildman–Crippen LogP) is 2.33. The van der Waals surface area contributed by atoms with Crippen molar-refractivity contribution in [1.29, 1.82) is 0 Å². The molecule has 0 fully saturated rings. The Hall–Kier alpha value is -1.71. The molecule has 1 amide bonds. The molecule has 1 rings (SSSR count). The lowest BCUT2D eigenvalue weighted by atomic mass is 10.1. The Morgan fingerprint density at radius 3 is 2.65 bits per heavy atom. The Labute approximate surface area is 119 Å². The van der Waals surface area contributed by atoms with Gasteiger partial charge in [-0.25, -0.2) is 0 Å². The first-order chi connectivity index (χ1) is 9.33. The molecule has 0 unspecified atom stereocenters. The van der Waals surface area contributed by atoms with Gasteiger partial charge in [0.05, 0.1) is 18.0 Å². The van der Waals surface area contributed by atoms with Crippen molar-refractivity contribution in [3.8, 4) is 11.8 Å². The molecule has 3 N–H and O–H groups in total. The van der Waals surface area contributed by atoms with E-state index in [4.69, 9.17) is 17.3 Å². The van der Waals surface area contributed by atoms with Gasteiger partial charge in [0.1, 0.15) is 0 Å². The van der Waals surface area contributed by atoms with E-state index >= 15 is 0 Å². The van der Waals surface area contributed by atoms with E-state index in [9.17, 15) is 18.0 Å². The summed E-state index contributed by atoms with van der Waals surface area (Å²) >= 11 is 5.91. The van der Waals surface area contributed by atoms with Crippen LogP contribution in [0, 0.1) is 11.8 Å². The number of halogens is 4. The number of rotatable bonds is 3. The molecule has 0 saturated carbocycles. The fraction of sp³-hybridized carbons (Fsp3) is 0.308. The highest BCUT2D eigenvalue weighted by Crippen LogP contribution is 2.19. The Morgan fingerprint density at radius 2 is 2.10 bits per heavy atom. The average Bonchev–Trinajstić information content (AvgIpc) is 2.35. The number of carbonyl (C=O) groups excluding carboxylic acids is 1. The number of amides is 1. The van der Waals surface area contributed by atoms with E-state index in [1.54, 1.807) is 0 Å². The molecule has 0 aliphatic carbocycles. The van der Waals surface area contributed by atoms with Crippen LogP contribution in [0.15, 0.2) is 18.2 Å². The van der Waals surface area contributed by atoms with Crippen LogP contribution in [0.5, 0.6) is 0 Å². The van der Waals surface area contributed by atoms with Crippen molar-refractivity contribution in [2.24, 2.45) is 5.73 Å². The summed E-state index contributed by atoms with van der Waals surface area (Å²) < 4.78 is 35.8. The van der Waals surface area contributed by atoms with E-state index in [0.717, 1.165) is 0 Å². The van der Waals surface area contributed by atoms with Crippen LogP contribution in [-0.2, 0) is 0 Å². The van der Waals surface area contributed by atoms with Crippen LogP contribution in [0.3, 0.4) is 0 Å². The van der Waals surface area contributed by atoms with Crippen LogP contribution in [0.4, 0.5) is 13.2 Å². The highest BCUT2D eigenvalue weighted by Gasteiger charge is 2.26. The summed E-state index contributed by atoms with van der Waals surface area (Å²) in [4.78, 5) is 11.6. The number of hydrogen-bond donors (Lipinski definition) is 2. The van der Waals surface area contributed by atoms with Crippen molar-refractivity contribution >= 4 is 17.5 Å². The molecule has 0 aromatic heterocycles. The number of carbonyl (C=O) groups is 1. The zero-order valence-electron chi connectivity index (χ0n) is 10.4. The smallest absolute Gasteiger partial charge is 0.352 e. The van der Waals surface area contributed by atoms with E-state index < -0.39 is 25.0 Å². The number of nitrogens with two attached hydrogens (primary N) is 1. The Kier molecular flexibility index (Phi) is 5.86. The van der Waals surface area contributed by atoms with Gasteiger partial charge in [0, 0.05) is 17.7 Å². The van der Waals surface area contributed by atoms with Gasteiger partial charge in [-0.3, -0.25) is 4.79 Å². The van der Waals surface area contributed by atoms with Crippen LogP contribution >= 0.6 is 11.6 Å². The van der Waals surface area contributed by atoms with E-state index in [0.29, 0.717) is 5.56 Å². The highest BCUT2D eigenvalue weighted by atomic mass is 35.5. The highest BCUT2D eigenvalue weighted by molar-refractivity contribution is 6.32. The van der Waals surface area contributed by atoms with Crippen molar-refractivity contribution in [2.45, 2.75) is 12.6 Å². The topological polar surface area (TPSA) is 55.1 Å². The van der Waals surface area contributed by atoms with Gasteiger partial charge in [0.25, 0.3) is 5.91 Å². The van der Waals surface area contributed by atoms with Crippen LogP contribution in [0.25, 0.3) is 0 Å². The second-order valence-electron chi connectivity index (χ2n) is 3.82. The Balaban J connectivity index is 2.68. The van der Waals surface area contributed by atoms with Gasteiger partial charge < -0.3 is 11.1 Å². The van der Waals surface area contributed by atoms with E-state index in [-0.39, 0.29) is 17.1 Å². The monoisotopic (exact) mass is 304 g/mol.